The fourth-order valence-corrected chi connectivity index (χ4v) is 2.16. The highest BCUT2D eigenvalue weighted by atomic mass is 32.1. The van der Waals surface area contributed by atoms with E-state index < -0.39 is 0 Å². The third kappa shape index (κ3) is 2.76. The van der Waals surface area contributed by atoms with Gasteiger partial charge in [-0.05, 0) is 20.3 Å². The average Bonchev–Trinajstić information content (AvgIpc) is 2.61. The van der Waals surface area contributed by atoms with E-state index in [4.69, 9.17) is 10.5 Å². The number of carbonyl (C=O) groups excluding carboxylic acids is 1. The van der Waals surface area contributed by atoms with Crippen molar-refractivity contribution >= 4 is 17.3 Å². The highest BCUT2D eigenvalue weighted by molar-refractivity contribution is 7.13. The van der Waals surface area contributed by atoms with E-state index in [9.17, 15) is 4.79 Å². The first-order chi connectivity index (χ1) is 7.10. The lowest BCUT2D eigenvalue weighted by molar-refractivity contribution is 0.0530. The molecule has 0 aliphatic rings. The fourth-order valence-electron chi connectivity index (χ4n) is 1.16. The minimum atomic E-state index is -0.293. The van der Waals surface area contributed by atoms with Gasteiger partial charge in [0.25, 0.3) is 0 Å². The van der Waals surface area contributed by atoms with Gasteiger partial charge in [-0.25, -0.2) is 9.78 Å². The van der Waals surface area contributed by atoms with E-state index in [1.807, 2.05) is 13.8 Å². The van der Waals surface area contributed by atoms with Crippen LogP contribution in [0.1, 0.15) is 47.2 Å². The number of esters is 1. The van der Waals surface area contributed by atoms with Crippen LogP contribution in [0.3, 0.4) is 0 Å². The summed E-state index contributed by atoms with van der Waals surface area (Å²) >= 11 is 1.33. The van der Waals surface area contributed by atoms with Crippen molar-refractivity contribution in [1.82, 2.24) is 4.98 Å². The number of rotatable bonds is 4. The molecule has 0 bridgehead atoms. The third-order valence-corrected chi connectivity index (χ3v) is 3.18. The molecule has 0 aromatic carbocycles. The summed E-state index contributed by atoms with van der Waals surface area (Å²) in [5, 5.41) is 0.787. The van der Waals surface area contributed by atoms with E-state index in [0.29, 0.717) is 11.5 Å². The minimum Gasteiger partial charge on any atom is -0.462 e. The van der Waals surface area contributed by atoms with Crippen LogP contribution >= 0.6 is 11.3 Å². The third-order valence-electron chi connectivity index (χ3n) is 1.90. The lowest BCUT2D eigenvalue weighted by Gasteiger charge is -1.99. The van der Waals surface area contributed by atoms with Gasteiger partial charge in [0.05, 0.1) is 18.3 Å². The van der Waals surface area contributed by atoms with Crippen LogP contribution in [0.15, 0.2) is 0 Å². The molecule has 0 aliphatic carbocycles. The van der Waals surface area contributed by atoms with Gasteiger partial charge in [-0.2, -0.15) is 0 Å². The van der Waals surface area contributed by atoms with Crippen LogP contribution in [0, 0.1) is 0 Å². The van der Waals surface area contributed by atoms with E-state index in [-0.39, 0.29) is 12.0 Å². The molecule has 1 heterocycles. The molecule has 1 rings (SSSR count). The van der Waals surface area contributed by atoms with Gasteiger partial charge in [0.2, 0.25) is 0 Å². The molecule has 1 aromatic rings. The number of nitrogens with zero attached hydrogens (tertiary/aromatic N) is 1. The zero-order valence-electron chi connectivity index (χ0n) is 9.24. The van der Waals surface area contributed by atoms with E-state index in [1.165, 1.54) is 11.3 Å². The topological polar surface area (TPSA) is 65.2 Å². The monoisotopic (exact) mass is 228 g/mol. The van der Waals surface area contributed by atoms with Gasteiger partial charge in [-0.3, -0.25) is 0 Å². The smallest absolute Gasteiger partial charge is 0.350 e. The van der Waals surface area contributed by atoms with Crippen molar-refractivity contribution in [2.75, 3.05) is 6.61 Å². The molecular formula is C10H16N2O2S. The Morgan fingerprint density at radius 1 is 1.60 bits per heavy atom. The number of ether oxygens (including phenoxy) is 1. The predicted molar refractivity (Wildman–Crippen MR) is 60.1 cm³/mol. The van der Waals surface area contributed by atoms with E-state index >= 15 is 0 Å². The second-order valence-electron chi connectivity index (χ2n) is 3.19. The molecule has 1 unspecified atom stereocenters. The molecule has 0 spiro atoms. The number of carbonyl (C=O) groups is 1. The molecule has 2 N–H and O–H groups in total. The molecule has 0 aliphatic heterocycles. The van der Waals surface area contributed by atoms with Crippen LogP contribution in [0.25, 0.3) is 0 Å². The SMILES string of the molecule is CCOC(=O)c1sc(C(C)N)nc1CC. The van der Waals surface area contributed by atoms with Gasteiger partial charge in [0.15, 0.2) is 0 Å². The average molecular weight is 228 g/mol. The van der Waals surface area contributed by atoms with Gasteiger partial charge in [0, 0.05) is 0 Å². The molecule has 84 valence electrons. The second-order valence-corrected chi connectivity index (χ2v) is 4.22. The highest BCUT2D eigenvalue weighted by Gasteiger charge is 2.19. The Hall–Kier alpha value is -0.940. The lowest BCUT2D eigenvalue weighted by Crippen LogP contribution is -2.05. The van der Waals surface area contributed by atoms with Crippen LogP contribution in [0.2, 0.25) is 0 Å². The first-order valence-electron chi connectivity index (χ1n) is 5.02. The zero-order valence-corrected chi connectivity index (χ0v) is 10.1. The molecule has 0 radical (unpaired) electrons. The molecule has 0 amide bonds. The van der Waals surface area contributed by atoms with Crippen LogP contribution in [0.4, 0.5) is 0 Å². The van der Waals surface area contributed by atoms with Crippen LogP contribution in [-0.4, -0.2) is 17.6 Å². The van der Waals surface area contributed by atoms with E-state index in [0.717, 1.165) is 17.1 Å². The van der Waals surface area contributed by atoms with Crippen molar-refractivity contribution in [2.45, 2.75) is 33.2 Å². The number of aryl methyl sites for hydroxylation is 1. The molecular weight excluding hydrogens is 212 g/mol. The Bertz CT molecular complexity index is 347. The Morgan fingerprint density at radius 2 is 2.27 bits per heavy atom. The Balaban J connectivity index is 3.00. The lowest BCUT2D eigenvalue weighted by atomic mass is 10.3. The summed E-state index contributed by atoms with van der Waals surface area (Å²) < 4.78 is 4.95. The summed E-state index contributed by atoms with van der Waals surface area (Å²) in [5.74, 6) is -0.293. The van der Waals surface area contributed by atoms with Crippen molar-refractivity contribution in [3.63, 3.8) is 0 Å². The van der Waals surface area contributed by atoms with E-state index in [1.54, 1.807) is 6.92 Å². The number of hydrogen-bond donors (Lipinski definition) is 1. The summed E-state index contributed by atoms with van der Waals surface area (Å²) in [7, 11) is 0. The number of hydrogen-bond acceptors (Lipinski definition) is 5. The van der Waals surface area contributed by atoms with Gasteiger partial charge in [0.1, 0.15) is 9.88 Å². The van der Waals surface area contributed by atoms with Gasteiger partial charge in [-0.1, -0.05) is 6.92 Å². The fraction of sp³-hybridized carbons (Fsp3) is 0.600. The maximum absolute atomic E-state index is 11.6. The predicted octanol–water partition coefficient (Wildman–Crippen LogP) is 1.90. The van der Waals surface area contributed by atoms with Crippen molar-refractivity contribution in [3.8, 4) is 0 Å². The number of nitrogens with two attached hydrogens (primary N) is 1. The van der Waals surface area contributed by atoms with Crippen molar-refractivity contribution < 1.29 is 9.53 Å². The van der Waals surface area contributed by atoms with Gasteiger partial charge >= 0.3 is 5.97 Å². The minimum absolute atomic E-state index is 0.136. The molecule has 15 heavy (non-hydrogen) atoms. The summed E-state index contributed by atoms with van der Waals surface area (Å²) in [6.07, 6.45) is 0.720. The van der Waals surface area contributed by atoms with Crippen molar-refractivity contribution in [1.29, 1.82) is 0 Å². The standard InChI is InChI=1S/C10H16N2O2S/c1-4-7-8(10(13)14-5-2)15-9(12-7)6(3)11/h6H,4-5,11H2,1-3H3. The highest BCUT2D eigenvalue weighted by Crippen LogP contribution is 2.23. The number of thiazole rings is 1. The van der Waals surface area contributed by atoms with Crippen molar-refractivity contribution in [3.05, 3.63) is 15.6 Å². The van der Waals surface area contributed by atoms with Crippen LogP contribution < -0.4 is 5.73 Å². The molecule has 0 saturated heterocycles. The zero-order chi connectivity index (χ0) is 11.4. The Kier molecular flexibility index (Phi) is 4.23. The normalized spacial score (nSPS) is 12.5. The molecule has 5 heteroatoms. The quantitative estimate of drug-likeness (QED) is 0.799. The summed E-state index contributed by atoms with van der Waals surface area (Å²) in [6, 6.07) is -0.136. The van der Waals surface area contributed by atoms with E-state index in [2.05, 4.69) is 4.98 Å². The largest absolute Gasteiger partial charge is 0.462 e. The van der Waals surface area contributed by atoms with Crippen molar-refractivity contribution in [2.24, 2.45) is 5.73 Å². The molecule has 1 atom stereocenters. The molecule has 4 nitrogen and oxygen atoms in total. The van der Waals surface area contributed by atoms with Crippen LogP contribution in [-0.2, 0) is 11.2 Å². The summed E-state index contributed by atoms with van der Waals surface area (Å²) in [4.78, 5) is 16.5. The van der Waals surface area contributed by atoms with Gasteiger partial charge in [-0.15, -0.1) is 11.3 Å². The maximum atomic E-state index is 11.6. The first-order valence-corrected chi connectivity index (χ1v) is 5.84. The second kappa shape index (κ2) is 5.23. The van der Waals surface area contributed by atoms with Gasteiger partial charge < -0.3 is 10.5 Å². The first kappa shape index (κ1) is 12.1. The maximum Gasteiger partial charge on any atom is 0.350 e. The molecule has 0 saturated carbocycles. The van der Waals surface area contributed by atoms with Crippen LogP contribution in [0.5, 0.6) is 0 Å². The summed E-state index contributed by atoms with van der Waals surface area (Å²) in [5.41, 5.74) is 6.50. The molecule has 0 fully saturated rings. The number of aromatic nitrogens is 1. The molecule has 1 aromatic heterocycles. The summed E-state index contributed by atoms with van der Waals surface area (Å²) in [6.45, 7) is 5.99. The Morgan fingerprint density at radius 3 is 2.73 bits per heavy atom. The Labute approximate surface area is 93.5 Å².